The minimum atomic E-state index is -0.406. The first-order valence-corrected chi connectivity index (χ1v) is 4.52. The van der Waals surface area contributed by atoms with Crippen LogP contribution >= 0.6 is 0 Å². The molecule has 0 saturated carbocycles. The van der Waals surface area contributed by atoms with Crippen LogP contribution in [0.15, 0.2) is 24.3 Å². The Labute approximate surface area is 82.9 Å². The number of non-ortho nitro benzene ring substituents is 1. The fourth-order valence-electron chi connectivity index (χ4n) is 1.23. The molecule has 1 unspecified atom stereocenters. The second-order valence-corrected chi connectivity index (χ2v) is 3.62. The molecule has 2 N–H and O–H groups in total. The van der Waals surface area contributed by atoms with Crippen LogP contribution in [0.1, 0.15) is 25.5 Å². The van der Waals surface area contributed by atoms with Gasteiger partial charge in [0.05, 0.1) is 4.92 Å². The summed E-state index contributed by atoms with van der Waals surface area (Å²) >= 11 is 0. The summed E-state index contributed by atoms with van der Waals surface area (Å²) in [4.78, 5) is 10.1. The zero-order valence-electron chi connectivity index (χ0n) is 8.31. The van der Waals surface area contributed by atoms with Crippen LogP contribution in [-0.2, 0) is 0 Å². The monoisotopic (exact) mass is 194 g/mol. The Morgan fingerprint density at radius 3 is 2.57 bits per heavy atom. The summed E-state index contributed by atoms with van der Waals surface area (Å²) < 4.78 is 0. The van der Waals surface area contributed by atoms with E-state index in [1.165, 1.54) is 12.1 Å². The molecule has 0 saturated heterocycles. The van der Waals surface area contributed by atoms with Gasteiger partial charge in [-0.15, -0.1) is 0 Å². The summed E-state index contributed by atoms with van der Waals surface area (Å²) in [5.74, 6) is 0.275. The van der Waals surface area contributed by atoms with Gasteiger partial charge >= 0.3 is 0 Å². The number of rotatable bonds is 3. The van der Waals surface area contributed by atoms with E-state index in [1.54, 1.807) is 6.07 Å². The quantitative estimate of drug-likeness (QED) is 0.592. The molecular weight excluding hydrogens is 180 g/mol. The maximum Gasteiger partial charge on any atom is 0.269 e. The average molecular weight is 194 g/mol. The first-order valence-electron chi connectivity index (χ1n) is 4.52. The number of hydrogen-bond acceptors (Lipinski definition) is 3. The van der Waals surface area contributed by atoms with Crippen molar-refractivity contribution in [3.63, 3.8) is 0 Å². The molecule has 0 bridgehead atoms. The number of benzene rings is 1. The molecule has 4 nitrogen and oxygen atoms in total. The predicted octanol–water partition coefficient (Wildman–Crippen LogP) is 2.25. The molecule has 0 aliphatic heterocycles. The molecule has 0 amide bonds. The van der Waals surface area contributed by atoms with E-state index in [0.717, 1.165) is 5.56 Å². The van der Waals surface area contributed by atoms with Gasteiger partial charge in [-0.25, -0.2) is 0 Å². The van der Waals surface area contributed by atoms with Gasteiger partial charge in [0.15, 0.2) is 0 Å². The Kier molecular flexibility index (Phi) is 3.19. The second-order valence-electron chi connectivity index (χ2n) is 3.62. The maximum atomic E-state index is 10.5. The van der Waals surface area contributed by atoms with E-state index in [2.05, 4.69) is 0 Å². The average Bonchev–Trinajstić information content (AvgIpc) is 2.16. The van der Waals surface area contributed by atoms with Gasteiger partial charge in [0, 0.05) is 18.2 Å². The first-order chi connectivity index (χ1) is 6.52. The number of nitrogens with two attached hydrogens (primary N) is 1. The van der Waals surface area contributed by atoms with Crippen molar-refractivity contribution < 1.29 is 4.92 Å². The molecule has 0 spiro atoms. The maximum absolute atomic E-state index is 10.5. The minimum absolute atomic E-state index is 0.0959. The van der Waals surface area contributed by atoms with E-state index in [-0.39, 0.29) is 17.6 Å². The Morgan fingerprint density at radius 1 is 1.43 bits per heavy atom. The van der Waals surface area contributed by atoms with Crippen molar-refractivity contribution in [1.82, 2.24) is 0 Å². The lowest BCUT2D eigenvalue weighted by molar-refractivity contribution is -0.384. The number of hydrogen-bond donors (Lipinski definition) is 1. The summed E-state index contributed by atoms with van der Waals surface area (Å²) in [6.45, 7) is 3.98. The predicted molar refractivity (Wildman–Crippen MR) is 54.9 cm³/mol. The van der Waals surface area contributed by atoms with Crippen LogP contribution in [-0.4, -0.2) is 4.92 Å². The Hall–Kier alpha value is -1.42. The van der Waals surface area contributed by atoms with Crippen molar-refractivity contribution in [2.24, 2.45) is 11.7 Å². The topological polar surface area (TPSA) is 69.2 Å². The van der Waals surface area contributed by atoms with Crippen molar-refractivity contribution >= 4 is 5.69 Å². The minimum Gasteiger partial charge on any atom is -0.324 e. The highest BCUT2D eigenvalue weighted by Gasteiger charge is 2.13. The van der Waals surface area contributed by atoms with Gasteiger partial charge in [0.2, 0.25) is 0 Å². The van der Waals surface area contributed by atoms with Gasteiger partial charge in [-0.2, -0.15) is 0 Å². The summed E-state index contributed by atoms with van der Waals surface area (Å²) in [7, 11) is 0. The third-order valence-corrected chi connectivity index (χ3v) is 2.18. The first kappa shape index (κ1) is 10.7. The van der Waals surface area contributed by atoms with Gasteiger partial charge in [-0.1, -0.05) is 26.0 Å². The van der Waals surface area contributed by atoms with Crippen molar-refractivity contribution in [2.75, 3.05) is 0 Å². The highest BCUT2D eigenvalue weighted by atomic mass is 16.6. The fraction of sp³-hybridized carbons (Fsp3) is 0.400. The lowest BCUT2D eigenvalue weighted by atomic mass is 9.97. The third-order valence-electron chi connectivity index (χ3n) is 2.18. The van der Waals surface area contributed by atoms with Crippen LogP contribution in [0.3, 0.4) is 0 Å². The van der Waals surface area contributed by atoms with E-state index in [0.29, 0.717) is 0 Å². The molecule has 0 fully saturated rings. The number of nitro groups is 1. The third kappa shape index (κ3) is 2.29. The molecule has 1 aromatic carbocycles. The van der Waals surface area contributed by atoms with Gasteiger partial charge in [0.1, 0.15) is 0 Å². The molecule has 1 atom stereocenters. The van der Waals surface area contributed by atoms with E-state index < -0.39 is 4.92 Å². The van der Waals surface area contributed by atoms with E-state index in [1.807, 2.05) is 19.9 Å². The molecule has 76 valence electrons. The van der Waals surface area contributed by atoms with Gasteiger partial charge in [-0.05, 0) is 11.5 Å². The van der Waals surface area contributed by atoms with E-state index in [4.69, 9.17) is 5.73 Å². The molecule has 1 rings (SSSR count). The number of nitro benzene ring substituents is 1. The Bertz CT molecular complexity index is 337. The van der Waals surface area contributed by atoms with Crippen LogP contribution in [0.25, 0.3) is 0 Å². The van der Waals surface area contributed by atoms with Crippen LogP contribution in [0.4, 0.5) is 5.69 Å². The van der Waals surface area contributed by atoms with Crippen molar-refractivity contribution in [2.45, 2.75) is 19.9 Å². The summed E-state index contributed by atoms with van der Waals surface area (Å²) in [6.07, 6.45) is 0. The normalized spacial score (nSPS) is 12.9. The Balaban J connectivity index is 2.99. The van der Waals surface area contributed by atoms with Crippen molar-refractivity contribution in [3.05, 3.63) is 39.9 Å². The van der Waals surface area contributed by atoms with Gasteiger partial charge in [-0.3, -0.25) is 10.1 Å². The summed E-state index contributed by atoms with van der Waals surface area (Å²) in [5, 5.41) is 10.5. The standard InChI is InChI=1S/C10H14N2O2/c1-7(2)10(11)8-4-3-5-9(6-8)12(13)14/h3-7,10H,11H2,1-2H3. The molecule has 0 heterocycles. The number of nitrogens with zero attached hydrogens (tertiary/aromatic N) is 1. The molecule has 0 aliphatic rings. The SMILES string of the molecule is CC(C)C(N)c1cccc([N+](=O)[O-])c1. The van der Waals surface area contributed by atoms with Crippen LogP contribution in [0.2, 0.25) is 0 Å². The van der Waals surface area contributed by atoms with Crippen molar-refractivity contribution in [3.8, 4) is 0 Å². The molecule has 4 heteroatoms. The highest BCUT2D eigenvalue weighted by molar-refractivity contribution is 5.35. The molecular formula is C10H14N2O2. The Morgan fingerprint density at radius 2 is 2.07 bits per heavy atom. The highest BCUT2D eigenvalue weighted by Crippen LogP contribution is 2.22. The van der Waals surface area contributed by atoms with Gasteiger partial charge in [0.25, 0.3) is 5.69 Å². The van der Waals surface area contributed by atoms with Crippen molar-refractivity contribution in [1.29, 1.82) is 0 Å². The second kappa shape index (κ2) is 4.19. The molecule has 0 aromatic heterocycles. The molecule has 0 aliphatic carbocycles. The van der Waals surface area contributed by atoms with E-state index in [9.17, 15) is 10.1 Å². The fourth-order valence-corrected chi connectivity index (χ4v) is 1.23. The van der Waals surface area contributed by atoms with Crippen LogP contribution in [0.5, 0.6) is 0 Å². The lowest BCUT2D eigenvalue weighted by Crippen LogP contribution is -2.16. The molecule has 0 radical (unpaired) electrons. The lowest BCUT2D eigenvalue weighted by Gasteiger charge is -2.15. The molecule has 1 aromatic rings. The largest absolute Gasteiger partial charge is 0.324 e. The van der Waals surface area contributed by atoms with Crippen LogP contribution < -0.4 is 5.73 Å². The smallest absolute Gasteiger partial charge is 0.269 e. The zero-order valence-corrected chi connectivity index (χ0v) is 8.31. The van der Waals surface area contributed by atoms with Gasteiger partial charge < -0.3 is 5.73 Å². The summed E-state index contributed by atoms with van der Waals surface area (Å²) in [6, 6.07) is 6.34. The summed E-state index contributed by atoms with van der Waals surface area (Å²) in [5.41, 5.74) is 6.79. The molecule has 14 heavy (non-hydrogen) atoms. The van der Waals surface area contributed by atoms with Crippen LogP contribution in [0, 0.1) is 16.0 Å². The zero-order chi connectivity index (χ0) is 10.7. The van der Waals surface area contributed by atoms with E-state index >= 15 is 0 Å².